The Hall–Kier alpha value is -2.51. The first kappa shape index (κ1) is 16.9. The largest absolute Gasteiger partial charge is 0.320 e. The molecule has 2 aliphatic heterocycles. The average molecular weight is 369 g/mol. The van der Waals surface area contributed by atoms with E-state index in [2.05, 4.69) is 10.3 Å². The predicted molar refractivity (Wildman–Crippen MR) is 100 cm³/mol. The molecule has 0 spiro atoms. The summed E-state index contributed by atoms with van der Waals surface area (Å²) < 4.78 is 26.9. The summed E-state index contributed by atoms with van der Waals surface area (Å²) in [6, 6.07) is 13.7. The molecule has 1 amide bonds. The van der Waals surface area contributed by atoms with E-state index in [0.29, 0.717) is 24.5 Å². The summed E-state index contributed by atoms with van der Waals surface area (Å²) in [7, 11) is -3.46. The summed E-state index contributed by atoms with van der Waals surface area (Å²) in [6.45, 7) is 1.15. The number of rotatable bonds is 3. The van der Waals surface area contributed by atoms with Crippen molar-refractivity contribution in [3.05, 3.63) is 54.1 Å². The Morgan fingerprint density at radius 3 is 2.35 bits per heavy atom. The van der Waals surface area contributed by atoms with Crippen LogP contribution < -0.4 is 5.32 Å². The third-order valence-corrected chi connectivity index (χ3v) is 6.59. The van der Waals surface area contributed by atoms with E-state index >= 15 is 0 Å². The van der Waals surface area contributed by atoms with Crippen LogP contribution >= 0.6 is 0 Å². The van der Waals surface area contributed by atoms with Crippen molar-refractivity contribution in [1.29, 1.82) is 0 Å². The molecule has 0 radical (unpaired) electrons. The van der Waals surface area contributed by atoms with Crippen molar-refractivity contribution >= 4 is 33.0 Å². The topological polar surface area (TPSA) is 78.8 Å². The maximum atomic E-state index is 12.7. The molecule has 0 aromatic heterocycles. The number of nitrogens with zero attached hydrogens (tertiary/aromatic N) is 2. The second kappa shape index (κ2) is 6.66. The second-order valence-electron chi connectivity index (χ2n) is 6.42. The van der Waals surface area contributed by atoms with Gasteiger partial charge in [-0.3, -0.25) is 4.79 Å². The van der Waals surface area contributed by atoms with Gasteiger partial charge in [0.05, 0.1) is 16.3 Å². The lowest BCUT2D eigenvalue weighted by atomic mass is 10.1. The normalized spacial score (nSPS) is 19.4. The SMILES string of the molecule is O=C1Nc2ccccc2C1=Nc1ccc(S(=O)(=O)N2CCCCC2)cc1. The number of hydrogen-bond acceptors (Lipinski definition) is 4. The second-order valence-corrected chi connectivity index (χ2v) is 8.36. The predicted octanol–water partition coefficient (Wildman–Crippen LogP) is 2.93. The van der Waals surface area contributed by atoms with Crippen molar-refractivity contribution in [3.63, 3.8) is 0 Å². The van der Waals surface area contributed by atoms with E-state index in [1.54, 1.807) is 24.3 Å². The number of carbonyl (C=O) groups excluding carboxylic acids is 1. The molecule has 0 atom stereocenters. The first-order chi connectivity index (χ1) is 12.6. The van der Waals surface area contributed by atoms with E-state index < -0.39 is 10.0 Å². The fourth-order valence-corrected chi connectivity index (χ4v) is 4.81. The molecule has 2 heterocycles. The van der Waals surface area contributed by atoms with Crippen LogP contribution in [0.5, 0.6) is 0 Å². The third-order valence-electron chi connectivity index (χ3n) is 4.68. The fraction of sp³-hybridized carbons (Fsp3) is 0.263. The lowest BCUT2D eigenvalue weighted by Crippen LogP contribution is -2.35. The maximum absolute atomic E-state index is 12.7. The summed E-state index contributed by atoms with van der Waals surface area (Å²) in [4.78, 5) is 16.8. The number of sulfonamides is 1. The average Bonchev–Trinajstić information content (AvgIpc) is 2.98. The molecule has 134 valence electrons. The molecule has 1 N–H and O–H groups in total. The van der Waals surface area contributed by atoms with E-state index in [9.17, 15) is 13.2 Å². The quantitative estimate of drug-likeness (QED) is 0.903. The van der Waals surface area contributed by atoms with E-state index in [1.165, 1.54) is 4.31 Å². The van der Waals surface area contributed by atoms with Gasteiger partial charge in [0.2, 0.25) is 10.0 Å². The number of amides is 1. The summed E-state index contributed by atoms with van der Waals surface area (Å²) in [6.07, 6.45) is 2.88. The minimum atomic E-state index is -3.46. The minimum absolute atomic E-state index is 0.254. The number of nitrogens with one attached hydrogen (secondary N) is 1. The highest BCUT2D eigenvalue weighted by molar-refractivity contribution is 7.89. The lowest BCUT2D eigenvalue weighted by molar-refractivity contribution is -0.110. The standard InChI is InChI=1S/C19H19N3O3S/c23-19-18(16-6-2-3-7-17(16)21-19)20-14-8-10-15(11-9-14)26(24,25)22-12-4-1-5-13-22/h2-3,6-11H,1,4-5,12-13H2,(H,20,21,23). The Bertz CT molecular complexity index is 975. The molecule has 2 aromatic rings. The van der Waals surface area contributed by atoms with Crippen molar-refractivity contribution in [2.75, 3.05) is 18.4 Å². The van der Waals surface area contributed by atoms with Crippen LogP contribution in [0.3, 0.4) is 0 Å². The zero-order chi connectivity index (χ0) is 18.1. The molecule has 0 saturated carbocycles. The Kier molecular flexibility index (Phi) is 4.34. The monoisotopic (exact) mass is 369 g/mol. The van der Waals surface area contributed by atoms with Gasteiger partial charge in [-0.15, -0.1) is 0 Å². The summed E-state index contributed by atoms with van der Waals surface area (Å²) in [5.41, 5.74) is 2.37. The van der Waals surface area contributed by atoms with Gasteiger partial charge in [0.1, 0.15) is 5.71 Å². The van der Waals surface area contributed by atoms with Crippen molar-refractivity contribution in [2.24, 2.45) is 4.99 Å². The van der Waals surface area contributed by atoms with Crippen molar-refractivity contribution in [1.82, 2.24) is 4.31 Å². The maximum Gasteiger partial charge on any atom is 0.275 e. The van der Waals surface area contributed by atoms with Gasteiger partial charge in [-0.1, -0.05) is 24.6 Å². The fourth-order valence-electron chi connectivity index (χ4n) is 3.29. The summed E-state index contributed by atoms with van der Waals surface area (Å²) >= 11 is 0. The number of anilines is 1. The van der Waals surface area contributed by atoms with Crippen LogP contribution in [0.1, 0.15) is 24.8 Å². The van der Waals surface area contributed by atoms with E-state index in [-0.39, 0.29) is 10.8 Å². The highest BCUT2D eigenvalue weighted by atomic mass is 32.2. The summed E-state index contributed by atoms with van der Waals surface area (Å²) in [5, 5.41) is 2.77. The molecule has 7 heteroatoms. The Labute approximate surface area is 152 Å². The van der Waals surface area contributed by atoms with Gasteiger partial charge < -0.3 is 5.32 Å². The molecule has 0 bridgehead atoms. The smallest absolute Gasteiger partial charge is 0.275 e. The number of para-hydroxylation sites is 1. The minimum Gasteiger partial charge on any atom is -0.320 e. The van der Waals surface area contributed by atoms with Crippen LogP contribution in [-0.2, 0) is 14.8 Å². The highest BCUT2D eigenvalue weighted by Crippen LogP contribution is 2.27. The summed E-state index contributed by atoms with van der Waals surface area (Å²) in [5.74, 6) is -0.254. The van der Waals surface area contributed by atoms with Gasteiger partial charge in [-0.2, -0.15) is 4.31 Å². The molecule has 0 aliphatic carbocycles. The molecule has 4 rings (SSSR count). The number of hydrogen-bond donors (Lipinski definition) is 1. The molecular formula is C19H19N3O3S. The van der Waals surface area contributed by atoms with Crippen LogP contribution in [0.2, 0.25) is 0 Å². The highest BCUT2D eigenvalue weighted by Gasteiger charge is 2.27. The van der Waals surface area contributed by atoms with Crippen molar-refractivity contribution < 1.29 is 13.2 Å². The van der Waals surface area contributed by atoms with Crippen LogP contribution in [-0.4, -0.2) is 37.4 Å². The van der Waals surface area contributed by atoms with E-state index in [0.717, 1.165) is 30.5 Å². The molecule has 26 heavy (non-hydrogen) atoms. The first-order valence-corrected chi connectivity index (χ1v) is 10.1. The molecule has 1 fully saturated rings. The Balaban J connectivity index is 1.62. The number of piperidine rings is 1. The lowest BCUT2D eigenvalue weighted by Gasteiger charge is -2.25. The van der Waals surface area contributed by atoms with E-state index in [4.69, 9.17) is 0 Å². The Morgan fingerprint density at radius 1 is 0.923 bits per heavy atom. The molecule has 0 unspecified atom stereocenters. The number of fused-ring (bicyclic) bond motifs is 1. The number of carbonyl (C=O) groups is 1. The first-order valence-electron chi connectivity index (χ1n) is 8.65. The van der Waals surface area contributed by atoms with Gasteiger partial charge in [-0.25, -0.2) is 13.4 Å². The number of benzene rings is 2. The zero-order valence-electron chi connectivity index (χ0n) is 14.2. The molecule has 2 aliphatic rings. The molecule has 6 nitrogen and oxygen atoms in total. The molecule has 2 aromatic carbocycles. The molecular weight excluding hydrogens is 350 g/mol. The van der Waals surface area contributed by atoms with Crippen LogP contribution in [0.15, 0.2) is 58.4 Å². The van der Waals surface area contributed by atoms with Crippen LogP contribution in [0.4, 0.5) is 11.4 Å². The van der Waals surface area contributed by atoms with Crippen molar-refractivity contribution in [3.8, 4) is 0 Å². The van der Waals surface area contributed by atoms with Crippen LogP contribution in [0.25, 0.3) is 0 Å². The van der Waals surface area contributed by atoms with Crippen molar-refractivity contribution in [2.45, 2.75) is 24.2 Å². The van der Waals surface area contributed by atoms with Gasteiger partial charge >= 0.3 is 0 Å². The van der Waals surface area contributed by atoms with Gasteiger partial charge in [0, 0.05) is 18.7 Å². The Morgan fingerprint density at radius 2 is 1.62 bits per heavy atom. The molecule has 1 saturated heterocycles. The van der Waals surface area contributed by atoms with Gasteiger partial charge in [0.25, 0.3) is 5.91 Å². The van der Waals surface area contributed by atoms with Gasteiger partial charge in [-0.05, 0) is 43.2 Å². The van der Waals surface area contributed by atoms with Crippen LogP contribution in [0, 0.1) is 0 Å². The van der Waals surface area contributed by atoms with E-state index in [1.807, 2.05) is 24.3 Å². The van der Waals surface area contributed by atoms with Gasteiger partial charge in [0.15, 0.2) is 0 Å². The third kappa shape index (κ3) is 3.04. The zero-order valence-corrected chi connectivity index (χ0v) is 15.0. The number of aliphatic imine (C=N–C) groups is 1.